The predicted octanol–water partition coefficient (Wildman–Crippen LogP) is 5.14. The van der Waals surface area contributed by atoms with Crippen LogP contribution in [0.15, 0.2) is 53.7 Å². The summed E-state index contributed by atoms with van der Waals surface area (Å²) in [5, 5.41) is 22.3. The number of oxime groups is 1. The highest BCUT2D eigenvalue weighted by Gasteiger charge is 2.13. The van der Waals surface area contributed by atoms with Gasteiger partial charge in [-0.05, 0) is 48.4 Å². The molecule has 29 heavy (non-hydrogen) atoms. The highest BCUT2D eigenvalue weighted by molar-refractivity contribution is 6.42. The molecule has 0 aliphatic rings. The number of carboxylic acids is 1. The molecule has 0 fully saturated rings. The van der Waals surface area contributed by atoms with Crippen LogP contribution in [-0.4, -0.2) is 28.5 Å². The summed E-state index contributed by atoms with van der Waals surface area (Å²) in [7, 11) is 0. The number of hydrogen-bond donors (Lipinski definition) is 2. The molecule has 0 saturated carbocycles. The van der Waals surface area contributed by atoms with Crippen molar-refractivity contribution in [1.29, 1.82) is 0 Å². The molecular weight excluding hydrogens is 370 g/mol. The second-order valence-corrected chi connectivity index (χ2v) is 6.83. The molecule has 0 heterocycles. The number of benzene rings is 2. The summed E-state index contributed by atoms with van der Waals surface area (Å²) in [4.78, 5) is 16.6. The third kappa shape index (κ3) is 8.25. The van der Waals surface area contributed by atoms with Crippen LogP contribution in [-0.2, 0) is 16.2 Å². The molecule has 2 N–H and O–H groups in total. The number of rotatable bonds is 13. The Morgan fingerprint density at radius 3 is 2.24 bits per heavy atom. The minimum absolute atomic E-state index is 0.0539. The van der Waals surface area contributed by atoms with Gasteiger partial charge >= 0.3 is 5.97 Å². The summed E-state index contributed by atoms with van der Waals surface area (Å²) in [6.07, 6.45) is 7.36. The van der Waals surface area contributed by atoms with Crippen molar-refractivity contribution in [1.82, 2.24) is 0 Å². The molecule has 0 bridgehead atoms. The number of aliphatic carboxylic acids is 1. The Bertz CT molecular complexity index is 769. The van der Waals surface area contributed by atoms with Crippen LogP contribution in [0.2, 0.25) is 0 Å². The third-order valence-corrected chi connectivity index (χ3v) is 4.42. The lowest BCUT2D eigenvalue weighted by Crippen LogP contribution is -2.15. The molecule has 0 radical (unpaired) electrons. The molecule has 0 aromatic heterocycles. The predicted molar refractivity (Wildman–Crippen MR) is 112 cm³/mol. The first-order chi connectivity index (χ1) is 14.1. The van der Waals surface area contributed by atoms with E-state index in [0.717, 1.165) is 17.7 Å². The van der Waals surface area contributed by atoms with Crippen LogP contribution < -0.4 is 4.74 Å². The maximum Gasteiger partial charge on any atom is 0.358 e. The average molecular weight is 399 g/mol. The number of aromatic hydroxyl groups is 1. The van der Waals surface area contributed by atoms with Crippen molar-refractivity contribution in [3.8, 4) is 11.5 Å². The largest absolute Gasteiger partial charge is 0.508 e. The van der Waals surface area contributed by atoms with Crippen LogP contribution in [0.3, 0.4) is 0 Å². The van der Waals surface area contributed by atoms with Gasteiger partial charge in [0.15, 0.2) is 5.71 Å². The molecule has 6 heteroatoms. The Hall–Kier alpha value is -3.02. The quantitative estimate of drug-likeness (QED) is 0.277. The van der Waals surface area contributed by atoms with Crippen molar-refractivity contribution in [3.05, 3.63) is 59.7 Å². The topological polar surface area (TPSA) is 88.4 Å². The summed E-state index contributed by atoms with van der Waals surface area (Å²) in [6, 6.07) is 13.2. The van der Waals surface area contributed by atoms with Crippen LogP contribution in [0, 0.1) is 0 Å². The summed E-state index contributed by atoms with van der Waals surface area (Å²) >= 11 is 0. The zero-order valence-corrected chi connectivity index (χ0v) is 16.8. The Morgan fingerprint density at radius 2 is 1.59 bits per heavy atom. The van der Waals surface area contributed by atoms with Crippen molar-refractivity contribution >= 4 is 11.7 Å². The molecule has 0 aliphatic heterocycles. The maximum atomic E-state index is 11.4. The van der Waals surface area contributed by atoms with Gasteiger partial charge in [0.05, 0.1) is 6.61 Å². The Kier molecular flexibility index (Phi) is 9.55. The standard InChI is InChI=1S/C23H29NO5/c1-2-3-4-5-6-7-16-28-21-14-8-18(9-15-21)17-29-24-22(23(26)27)19-10-12-20(25)13-11-19/h8-15,25H,2-7,16-17H2,1H3,(H,26,27)/b24-22+. The molecular formula is C23H29NO5. The second kappa shape index (κ2) is 12.4. The minimum atomic E-state index is -1.20. The van der Waals surface area contributed by atoms with E-state index in [4.69, 9.17) is 9.57 Å². The van der Waals surface area contributed by atoms with E-state index in [1.54, 1.807) is 0 Å². The SMILES string of the molecule is CCCCCCCCOc1ccc(CO/N=C(/C(=O)O)c2ccc(O)cc2)cc1. The monoisotopic (exact) mass is 399 g/mol. The number of hydrogen-bond acceptors (Lipinski definition) is 5. The van der Waals surface area contributed by atoms with Gasteiger partial charge in [-0.3, -0.25) is 0 Å². The normalized spacial score (nSPS) is 11.3. The Labute approximate surface area is 171 Å². The molecule has 0 atom stereocenters. The molecule has 0 unspecified atom stereocenters. The van der Waals surface area contributed by atoms with E-state index in [-0.39, 0.29) is 18.1 Å². The van der Waals surface area contributed by atoms with Crippen LogP contribution in [0.4, 0.5) is 0 Å². The molecule has 2 aromatic rings. The van der Waals surface area contributed by atoms with Gasteiger partial charge in [0.2, 0.25) is 0 Å². The molecule has 2 aromatic carbocycles. The van der Waals surface area contributed by atoms with Crippen LogP contribution in [0.25, 0.3) is 0 Å². The van der Waals surface area contributed by atoms with Gasteiger partial charge in [0, 0.05) is 5.56 Å². The first kappa shape index (κ1) is 22.3. The molecule has 0 spiro atoms. The van der Waals surface area contributed by atoms with E-state index in [9.17, 15) is 15.0 Å². The molecule has 2 rings (SSSR count). The van der Waals surface area contributed by atoms with Crippen molar-refractivity contribution in [2.75, 3.05) is 6.61 Å². The van der Waals surface area contributed by atoms with E-state index >= 15 is 0 Å². The fourth-order valence-electron chi connectivity index (χ4n) is 2.76. The highest BCUT2D eigenvalue weighted by atomic mass is 16.6. The highest BCUT2D eigenvalue weighted by Crippen LogP contribution is 2.15. The maximum absolute atomic E-state index is 11.4. The zero-order chi connectivity index (χ0) is 20.9. The van der Waals surface area contributed by atoms with E-state index in [1.165, 1.54) is 56.4 Å². The van der Waals surface area contributed by atoms with Gasteiger partial charge in [-0.1, -0.05) is 56.3 Å². The van der Waals surface area contributed by atoms with Gasteiger partial charge in [-0.15, -0.1) is 0 Å². The number of unbranched alkanes of at least 4 members (excludes halogenated alkanes) is 5. The molecule has 156 valence electrons. The van der Waals surface area contributed by atoms with Crippen molar-refractivity contribution in [3.63, 3.8) is 0 Å². The van der Waals surface area contributed by atoms with E-state index < -0.39 is 5.97 Å². The van der Waals surface area contributed by atoms with E-state index in [2.05, 4.69) is 12.1 Å². The van der Waals surface area contributed by atoms with Gasteiger partial charge in [-0.2, -0.15) is 0 Å². The molecule has 6 nitrogen and oxygen atoms in total. The fraction of sp³-hybridized carbons (Fsp3) is 0.391. The van der Waals surface area contributed by atoms with E-state index in [1.807, 2.05) is 24.3 Å². The van der Waals surface area contributed by atoms with Gasteiger partial charge in [0.1, 0.15) is 18.1 Å². The lowest BCUT2D eigenvalue weighted by molar-refractivity contribution is -0.129. The number of carbonyl (C=O) groups is 1. The number of nitrogens with zero attached hydrogens (tertiary/aromatic N) is 1. The van der Waals surface area contributed by atoms with Gasteiger partial charge in [-0.25, -0.2) is 4.79 Å². The van der Waals surface area contributed by atoms with Crippen molar-refractivity contribution in [2.24, 2.45) is 5.16 Å². The number of phenols is 1. The van der Waals surface area contributed by atoms with Crippen LogP contribution >= 0.6 is 0 Å². The Morgan fingerprint density at radius 1 is 0.931 bits per heavy atom. The van der Waals surface area contributed by atoms with Crippen LogP contribution in [0.5, 0.6) is 11.5 Å². The van der Waals surface area contributed by atoms with Crippen molar-refractivity contribution < 1.29 is 24.6 Å². The molecule has 0 saturated heterocycles. The Balaban J connectivity index is 1.78. The summed E-state index contributed by atoms with van der Waals surface area (Å²) in [5.74, 6) is -0.339. The average Bonchev–Trinajstić information content (AvgIpc) is 2.72. The number of carboxylic acid groups (broad SMARTS) is 1. The summed E-state index contributed by atoms with van der Waals surface area (Å²) < 4.78 is 5.74. The van der Waals surface area contributed by atoms with E-state index in [0.29, 0.717) is 12.2 Å². The zero-order valence-electron chi connectivity index (χ0n) is 16.8. The van der Waals surface area contributed by atoms with Gasteiger partial charge < -0.3 is 19.8 Å². The van der Waals surface area contributed by atoms with Crippen molar-refractivity contribution in [2.45, 2.75) is 52.1 Å². The number of phenolic OH excluding ortho intramolecular Hbond substituents is 1. The fourth-order valence-corrected chi connectivity index (χ4v) is 2.76. The van der Waals surface area contributed by atoms with Crippen LogP contribution in [0.1, 0.15) is 56.6 Å². The number of ether oxygens (including phenoxy) is 1. The summed E-state index contributed by atoms with van der Waals surface area (Å²) in [6.45, 7) is 3.07. The first-order valence-corrected chi connectivity index (χ1v) is 10.0. The first-order valence-electron chi connectivity index (χ1n) is 10.0. The molecule has 0 aliphatic carbocycles. The lowest BCUT2D eigenvalue weighted by Gasteiger charge is -2.07. The van der Waals surface area contributed by atoms with Gasteiger partial charge in [0.25, 0.3) is 0 Å². The third-order valence-electron chi connectivity index (χ3n) is 4.42. The smallest absolute Gasteiger partial charge is 0.358 e. The lowest BCUT2D eigenvalue weighted by atomic mass is 10.1. The minimum Gasteiger partial charge on any atom is -0.508 e. The molecule has 0 amide bonds. The second-order valence-electron chi connectivity index (χ2n) is 6.83. The summed E-state index contributed by atoms with van der Waals surface area (Å²) in [5.41, 5.74) is 0.994.